The summed E-state index contributed by atoms with van der Waals surface area (Å²) in [5.74, 6) is 0.331. The highest BCUT2D eigenvalue weighted by Gasteiger charge is 2.28. The van der Waals surface area contributed by atoms with E-state index in [1.807, 2.05) is 13.1 Å². The van der Waals surface area contributed by atoms with Gasteiger partial charge in [-0.05, 0) is 45.2 Å². The van der Waals surface area contributed by atoms with Crippen LogP contribution in [0.25, 0.3) is 0 Å². The van der Waals surface area contributed by atoms with Gasteiger partial charge in [-0.15, -0.1) is 0 Å². The predicted molar refractivity (Wildman–Crippen MR) is 70.2 cm³/mol. The van der Waals surface area contributed by atoms with Crippen LogP contribution >= 0.6 is 0 Å². The van der Waals surface area contributed by atoms with Crippen LogP contribution in [0.3, 0.4) is 0 Å². The molecule has 1 fully saturated rings. The van der Waals surface area contributed by atoms with E-state index in [0.29, 0.717) is 6.04 Å². The summed E-state index contributed by atoms with van der Waals surface area (Å²) in [7, 11) is 0. The molecule has 18 heavy (non-hydrogen) atoms. The third kappa shape index (κ3) is 3.10. The first-order chi connectivity index (χ1) is 8.68. The van der Waals surface area contributed by atoms with E-state index in [-0.39, 0.29) is 11.8 Å². The Morgan fingerprint density at radius 1 is 1.61 bits per heavy atom. The fraction of sp³-hybridized carbons (Fsp3) is 0.692. The van der Waals surface area contributed by atoms with Crippen LogP contribution in [0.5, 0.6) is 0 Å². The van der Waals surface area contributed by atoms with Gasteiger partial charge in [0.05, 0.1) is 12.1 Å². The molecule has 0 aliphatic carbocycles. The molecule has 0 spiro atoms. The summed E-state index contributed by atoms with van der Waals surface area (Å²) >= 11 is 0. The van der Waals surface area contributed by atoms with Crippen LogP contribution in [0.1, 0.15) is 31.0 Å². The molecule has 5 nitrogen and oxygen atoms in total. The number of carbonyl (C=O) groups is 1. The van der Waals surface area contributed by atoms with Gasteiger partial charge in [-0.2, -0.15) is 5.10 Å². The van der Waals surface area contributed by atoms with Gasteiger partial charge in [0.2, 0.25) is 5.91 Å². The number of aromatic amines is 1. The quantitative estimate of drug-likeness (QED) is 0.676. The summed E-state index contributed by atoms with van der Waals surface area (Å²) < 4.78 is 0. The molecule has 2 atom stereocenters. The minimum absolute atomic E-state index is 0.140. The number of nitrogens with zero attached hydrogens (tertiary/aromatic N) is 1. The minimum atomic E-state index is 0.140. The second-order valence-corrected chi connectivity index (χ2v) is 5.05. The Morgan fingerprint density at radius 3 is 3.06 bits per heavy atom. The van der Waals surface area contributed by atoms with E-state index in [1.54, 1.807) is 0 Å². The van der Waals surface area contributed by atoms with E-state index < -0.39 is 0 Å². The van der Waals surface area contributed by atoms with Gasteiger partial charge in [0, 0.05) is 18.3 Å². The van der Waals surface area contributed by atoms with E-state index in [9.17, 15) is 4.79 Å². The van der Waals surface area contributed by atoms with Crippen molar-refractivity contribution in [3.8, 4) is 0 Å². The second kappa shape index (κ2) is 6.00. The summed E-state index contributed by atoms with van der Waals surface area (Å²) in [6.07, 6.45) is 4.73. The first kappa shape index (κ1) is 13.1. The summed E-state index contributed by atoms with van der Waals surface area (Å²) in [5.41, 5.74) is 2.36. The SMILES string of the molecule is Cc1[nH]ncc1CCCNC(=O)C1CCNC1C. The van der Waals surface area contributed by atoms with Crippen molar-refractivity contribution in [3.63, 3.8) is 0 Å². The molecule has 1 saturated heterocycles. The van der Waals surface area contributed by atoms with Crippen molar-refractivity contribution < 1.29 is 4.79 Å². The number of carbonyl (C=O) groups excluding carboxylic acids is 1. The smallest absolute Gasteiger partial charge is 0.224 e. The number of aromatic nitrogens is 2. The molecule has 1 aromatic rings. The van der Waals surface area contributed by atoms with Gasteiger partial charge in [-0.3, -0.25) is 9.89 Å². The molecule has 0 aromatic carbocycles. The average Bonchev–Trinajstić information content (AvgIpc) is 2.94. The maximum Gasteiger partial charge on any atom is 0.224 e. The Hall–Kier alpha value is -1.36. The maximum absolute atomic E-state index is 11.9. The third-order valence-electron chi connectivity index (χ3n) is 3.72. The van der Waals surface area contributed by atoms with E-state index in [4.69, 9.17) is 0 Å². The zero-order chi connectivity index (χ0) is 13.0. The van der Waals surface area contributed by atoms with Crippen molar-refractivity contribution in [2.45, 2.75) is 39.2 Å². The summed E-state index contributed by atoms with van der Waals surface area (Å²) in [6.45, 7) is 5.79. The molecular formula is C13H22N4O. The Balaban J connectivity index is 1.66. The largest absolute Gasteiger partial charge is 0.356 e. The first-order valence-corrected chi connectivity index (χ1v) is 6.68. The predicted octanol–water partition coefficient (Wildman–Crippen LogP) is 0.765. The van der Waals surface area contributed by atoms with Gasteiger partial charge >= 0.3 is 0 Å². The van der Waals surface area contributed by atoms with Crippen LogP contribution in [0.2, 0.25) is 0 Å². The Kier molecular flexibility index (Phi) is 4.36. The van der Waals surface area contributed by atoms with Crippen molar-refractivity contribution in [1.82, 2.24) is 20.8 Å². The standard InChI is InChI=1S/C13H22N4O/c1-9-11(8-16-17-9)4-3-6-15-13(18)12-5-7-14-10(12)2/h8,10,12,14H,3-7H2,1-2H3,(H,15,18)(H,16,17). The number of amides is 1. The summed E-state index contributed by atoms with van der Waals surface area (Å²) in [6, 6.07) is 0.307. The lowest BCUT2D eigenvalue weighted by molar-refractivity contribution is -0.125. The van der Waals surface area contributed by atoms with Crippen molar-refractivity contribution in [1.29, 1.82) is 0 Å². The number of nitrogens with one attached hydrogen (secondary N) is 3. The molecule has 2 heterocycles. The van der Waals surface area contributed by atoms with Crippen LogP contribution in [0, 0.1) is 12.8 Å². The molecule has 1 aliphatic heterocycles. The van der Waals surface area contributed by atoms with E-state index in [0.717, 1.165) is 38.0 Å². The average molecular weight is 250 g/mol. The second-order valence-electron chi connectivity index (χ2n) is 5.05. The Bertz CT molecular complexity index is 401. The fourth-order valence-corrected chi connectivity index (χ4v) is 2.47. The molecule has 100 valence electrons. The topological polar surface area (TPSA) is 69.8 Å². The molecular weight excluding hydrogens is 228 g/mol. The van der Waals surface area contributed by atoms with Gasteiger partial charge in [-0.25, -0.2) is 0 Å². The number of rotatable bonds is 5. The van der Waals surface area contributed by atoms with Crippen LogP contribution in [-0.4, -0.2) is 35.2 Å². The van der Waals surface area contributed by atoms with Crippen LogP contribution in [0.15, 0.2) is 6.20 Å². The lowest BCUT2D eigenvalue weighted by Gasteiger charge is -2.14. The molecule has 5 heteroatoms. The zero-order valence-corrected chi connectivity index (χ0v) is 11.1. The molecule has 3 N–H and O–H groups in total. The van der Waals surface area contributed by atoms with Crippen LogP contribution in [0.4, 0.5) is 0 Å². The third-order valence-corrected chi connectivity index (χ3v) is 3.72. The van der Waals surface area contributed by atoms with Crippen molar-refractivity contribution in [3.05, 3.63) is 17.5 Å². The summed E-state index contributed by atoms with van der Waals surface area (Å²) in [5, 5.41) is 13.2. The van der Waals surface area contributed by atoms with Crippen molar-refractivity contribution >= 4 is 5.91 Å². The molecule has 0 saturated carbocycles. The summed E-state index contributed by atoms with van der Waals surface area (Å²) in [4.78, 5) is 11.9. The van der Waals surface area contributed by atoms with E-state index in [2.05, 4.69) is 27.8 Å². The molecule has 1 aromatic heterocycles. The van der Waals surface area contributed by atoms with E-state index >= 15 is 0 Å². The maximum atomic E-state index is 11.9. The number of hydrogen-bond donors (Lipinski definition) is 3. The van der Waals surface area contributed by atoms with Gasteiger partial charge in [-0.1, -0.05) is 0 Å². The van der Waals surface area contributed by atoms with Gasteiger partial charge in [0.25, 0.3) is 0 Å². The van der Waals surface area contributed by atoms with Gasteiger partial charge < -0.3 is 10.6 Å². The van der Waals surface area contributed by atoms with Crippen LogP contribution < -0.4 is 10.6 Å². The van der Waals surface area contributed by atoms with Crippen molar-refractivity contribution in [2.24, 2.45) is 5.92 Å². The van der Waals surface area contributed by atoms with Gasteiger partial charge in [0.15, 0.2) is 0 Å². The number of aryl methyl sites for hydroxylation is 2. The Morgan fingerprint density at radius 2 is 2.44 bits per heavy atom. The normalized spacial score (nSPS) is 23.2. The zero-order valence-electron chi connectivity index (χ0n) is 11.1. The molecule has 2 unspecified atom stereocenters. The lowest BCUT2D eigenvalue weighted by Crippen LogP contribution is -2.37. The van der Waals surface area contributed by atoms with Gasteiger partial charge in [0.1, 0.15) is 0 Å². The molecule has 1 aliphatic rings. The number of hydrogen-bond acceptors (Lipinski definition) is 3. The monoisotopic (exact) mass is 250 g/mol. The number of H-pyrrole nitrogens is 1. The molecule has 0 radical (unpaired) electrons. The molecule has 0 bridgehead atoms. The Labute approximate surface area is 108 Å². The van der Waals surface area contributed by atoms with Crippen molar-refractivity contribution in [2.75, 3.05) is 13.1 Å². The highest BCUT2D eigenvalue weighted by atomic mass is 16.1. The minimum Gasteiger partial charge on any atom is -0.356 e. The first-order valence-electron chi connectivity index (χ1n) is 6.68. The van der Waals surface area contributed by atoms with Crippen LogP contribution in [-0.2, 0) is 11.2 Å². The lowest BCUT2D eigenvalue weighted by atomic mass is 10.0. The fourth-order valence-electron chi connectivity index (χ4n) is 2.47. The van der Waals surface area contributed by atoms with E-state index in [1.165, 1.54) is 5.56 Å². The molecule has 2 rings (SSSR count). The molecule has 1 amide bonds. The highest BCUT2D eigenvalue weighted by molar-refractivity contribution is 5.79. The highest BCUT2D eigenvalue weighted by Crippen LogP contribution is 2.14.